The Morgan fingerprint density at radius 2 is 1.92 bits per heavy atom. The number of hydrogen-bond acceptors (Lipinski definition) is 8. The average Bonchev–Trinajstić information content (AvgIpc) is 2.62. The smallest absolute Gasteiger partial charge is 0.334 e. The number of carbonyl (C=O) groups excluding carboxylic acids is 2. The predicted octanol–water partition coefficient (Wildman–Crippen LogP) is 0.801. The largest absolute Gasteiger partial charge is 0.507 e. The third-order valence-electron chi connectivity index (χ3n) is 4.48. The fourth-order valence-electron chi connectivity index (χ4n) is 3.17. The van der Waals surface area contributed by atoms with Crippen molar-refractivity contribution in [2.24, 2.45) is 0 Å². The number of hydrogen-bond donors (Lipinski definition) is 3. The number of aromatic hydroxyl groups is 1. The molecule has 0 saturated carbocycles. The van der Waals surface area contributed by atoms with E-state index in [9.17, 15) is 24.9 Å². The van der Waals surface area contributed by atoms with Crippen LogP contribution in [-0.2, 0) is 26.3 Å². The Morgan fingerprint density at radius 3 is 2.42 bits per heavy atom. The molecule has 0 radical (unpaired) electrons. The van der Waals surface area contributed by atoms with Crippen LogP contribution in [0.25, 0.3) is 0 Å². The van der Waals surface area contributed by atoms with Gasteiger partial charge >= 0.3 is 5.97 Å². The number of phenolic OH excluding ortho intramolecular Hbond substituents is 1. The quantitative estimate of drug-likeness (QED) is 0.632. The maximum absolute atomic E-state index is 12.5. The number of methoxy groups -OCH3 is 3. The van der Waals surface area contributed by atoms with Gasteiger partial charge in [0.05, 0.1) is 26.9 Å². The number of phenols is 1. The zero-order valence-electron chi connectivity index (χ0n) is 15.0. The number of allylic oxidation sites excluding steroid dienone is 1. The highest BCUT2D eigenvalue weighted by Crippen LogP contribution is 2.47. The van der Waals surface area contributed by atoms with Gasteiger partial charge in [-0.15, -0.1) is 0 Å². The molecule has 0 aliphatic heterocycles. The van der Waals surface area contributed by atoms with Crippen LogP contribution in [0.15, 0.2) is 17.9 Å². The van der Waals surface area contributed by atoms with Crippen LogP contribution in [0.1, 0.15) is 34.8 Å². The number of aliphatic hydroxyl groups excluding tert-OH is 1. The molecule has 1 aromatic rings. The molecule has 0 heterocycles. The van der Waals surface area contributed by atoms with Crippen molar-refractivity contribution in [3.05, 3.63) is 34.6 Å². The maximum Gasteiger partial charge on any atom is 0.334 e. The summed E-state index contributed by atoms with van der Waals surface area (Å²) in [7, 11) is 3.74. The SMILES string of the molecule is CCc1c(OC)cc2c(c1O)C(=O)C=C(OC)C2(O)CC(O)C(=O)OC. The van der Waals surface area contributed by atoms with Crippen LogP contribution in [0.3, 0.4) is 0 Å². The van der Waals surface area contributed by atoms with Crippen molar-refractivity contribution in [3.8, 4) is 11.5 Å². The Kier molecular flexibility index (Phi) is 5.58. The molecule has 0 aromatic heterocycles. The van der Waals surface area contributed by atoms with Gasteiger partial charge in [0, 0.05) is 23.6 Å². The van der Waals surface area contributed by atoms with Crippen molar-refractivity contribution >= 4 is 11.8 Å². The highest BCUT2D eigenvalue weighted by Gasteiger charge is 2.46. The summed E-state index contributed by atoms with van der Waals surface area (Å²) in [5.74, 6) is -1.73. The van der Waals surface area contributed by atoms with E-state index in [-0.39, 0.29) is 28.4 Å². The van der Waals surface area contributed by atoms with E-state index in [1.54, 1.807) is 6.92 Å². The summed E-state index contributed by atoms with van der Waals surface area (Å²) >= 11 is 0. The molecule has 0 bridgehead atoms. The minimum absolute atomic E-state index is 0.0173. The van der Waals surface area contributed by atoms with Gasteiger partial charge in [0.15, 0.2) is 17.5 Å². The molecule has 0 amide bonds. The van der Waals surface area contributed by atoms with E-state index in [1.165, 1.54) is 20.3 Å². The first-order valence-electron chi connectivity index (χ1n) is 7.97. The van der Waals surface area contributed by atoms with E-state index >= 15 is 0 Å². The lowest BCUT2D eigenvalue weighted by atomic mass is 9.77. The molecule has 8 heteroatoms. The van der Waals surface area contributed by atoms with Crippen molar-refractivity contribution in [3.63, 3.8) is 0 Å². The van der Waals surface area contributed by atoms with Crippen molar-refractivity contribution in [1.29, 1.82) is 0 Å². The topological polar surface area (TPSA) is 123 Å². The number of ether oxygens (including phenoxy) is 3. The molecule has 1 aromatic carbocycles. The monoisotopic (exact) mass is 366 g/mol. The lowest BCUT2D eigenvalue weighted by Gasteiger charge is -2.36. The average molecular weight is 366 g/mol. The number of esters is 1. The molecule has 1 aliphatic rings. The van der Waals surface area contributed by atoms with Gasteiger partial charge in [-0.25, -0.2) is 4.79 Å². The summed E-state index contributed by atoms with van der Waals surface area (Å²) in [6, 6.07) is 1.40. The molecule has 2 atom stereocenters. The lowest BCUT2D eigenvalue weighted by Crippen LogP contribution is -2.40. The van der Waals surface area contributed by atoms with Crippen LogP contribution in [0.4, 0.5) is 0 Å². The first kappa shape index (κ1) is 19.7. The molecule has 2 rings (SSSR count). The van der Waals surface area contributed by atoms with Gasteiger partial charge in [0.1, 0.15) is 17.3 Å². The van der Waals surface area contributed by atoms with Gasteiger partial charge in [-0.2, -0.15) is 0 Å². The molecule has 142 valence electrons. The minimum Gasteiger partial charge on any atom is -0.507 e. The van der Waals surface area contributed by atoms with Crippen LogP contribution in [0.5, 0.6) is 11.5 Å². The van der Waals surface area contributed by atoms with Crippen molar-refractivity contribution in [2.45, 2.75) is 31.5 Å². The molecule has 1 aliphatic carbocycles. The second-order valence-corrected chi connectivity index (χ2v) is 5.86. The van der Waals surface area contributed by atoms with E-state index in [0.29, 0.717) is 12.0 Å². The van der Waals surface area contributed by atoms with Crippen LogP contribution in [-0.4, -0.2) is 54.5 Å². The molecular weight excluding hydrogens is 344 g/mol. The maximum atomic E-state index is 12.5. The van der Waals surface area contributed by atoms with E-state index < -0.39 is 29.9 Å². The highest BCUT2D eigenvalue weighted by molar-refractivity contribution is 6.10. The summed E-state index contributed by atoms with van der Waals surface area (Å²) in [4.78, 5) is 24.1. The number of rotatable bonds is 6. The standard InChI is InChI=1S/C18H22O8/c1-5-9-13(24-2)6-10-15(16(9)21)11(19)7-14(25-3)18(10,23)8-12(20)17(22)26-4/h6-7,12,20-21,23H,5,8H2,1-4H3. The summed E-state index contributed by atoms with van der Waals surface area (Å²) in [6.07, 6.45) is -0.797. The van der Waals surface area contributed by atoms with Crippen LogP contribution >= 0.6 is 0 Å². The van der Waals surface area contributed by atoms with Crippen molar-refractivity contribution in [2.75, 3.05) is 21.3 Å². The van der Waals surface area contributed by atoms with E-state index in [1.807, 2.05) is 0 Å². The van der Waals surface area contributed by atoms with Crippen LogP contribution in [0.2, 0.25) is 0 Å². The van der Waals surface area contributed by atoms with Gasteiger partial charge in [-0.3, -0.25) is 4.79 Å². The zero-order chi connectivity index (χ0) is 19.6. The van der Waals surface area contributed by atoms with Gasteiger partial charge < -0.3 is 29.5 Å². The molecule has 3 N–H and O–H groups in total. The first-order valence-corrected chi connectivity index (χ1v) is 7.97. The van der Waals surface area contributed by atoms with E-state index in [0.717, 1.165) is 13.2 Å². The Bertz CT molecular complexity index is 767. The third-order valence-corrected chi connectivity index (χ3v) is 4.48. The molecular formula is C18H22O8. The Morgan fingerprint density at radius 1 is 1.27 bits per heavy atom. The molecule has 8 nitrogen and oxygen atoms in total. The minimum atomic E-state index is -2.04. The molecule has 26 heavy (non-hydrogen) atoms. The number of fused-ring (bicyclic) bond motifs is 1. The fraction of sp³-hybridized carbons (Fsp3) is 0.444. The second kappa shape index (κ2) is 7.35. The van der Waals surface area contributed by atoms with Gasteiger partial charge in [-0.05, 0) is 12.5 Å². The Balaban J connectivity index is 2.73. The van der Waals surface area contributed by atoms with Crippen molar-refractivity contribution < 1.29 is 39.1 Å². The summed E-state index contributed by atoms with van der Waals surface area (Å²) < 4.78 is 14.9. The molecule has 0 saturated heterocycles. The highest BCUT2D eigenvalue weighted by atomic mass is 16.5. The second-order valence-electron chi connectivity index (χ2n) is 5.86. The summed E-state index contributed by atoms with van der Waals surface area (Å²) in [5.41, 5.74) is -1.77. The van der Waals surface area contributed by atoms with Gasteiger partial charge in [0.25, 0.3) is 0 Å². The van der Waals surface area contributed by atoms with E-state index in [2.05, 4.69) is 4.74 Å². The van der Waals surface area contributed by atoms with Crippen LogP contribution in [0, 0.1) is 0 Å². The van der Waals surface area contributed by atoms with Crippen molar-refractivity contribution in [1.82, 2.24) is 0 Å². The number of ketones is 1. The molecule has 2 unspecified atom stereocenters. The summed E-state index contributed by atoms with van der Waals surface area (Å²) in [6.45, 7) is 1.78. The summed E-state index contributed by atoms with van der Waals surface area (Å²) in [5, 5.41) is 31.8. The number of carbonyl (C=O) groups is 2. The predicted molar refractivity (Wildman–Crippen MR) is 90.0 cm³/mol. The fourth-order valence-corrected chi connectivity index (χ4v) is 3.17. The lowest BCUT2D eigenvalue weighted by molar-refractivity contribution is -0.154. The van der Waals surface area contributed by atoms with Gasteiger partial charge in [0.2, 0.25) is 0 Å². The molecule has 0 fully saturated rings. The molecule has 0 spiro atoms. The number of benzene rings is 1. The van der Waals surface area contributed by atoms with E-state index in [4.69, 9.17) is 9.47 Å². The normalized spacial score (nSPS) is 20.1. The third kappa shape index (κ3) is 3.02. The zero-order valence-corrected chi connectivity index (χ0v) is 15.0. The van der Waals surface area contributed by atoms with Crippen LogP contribution < -0.4 is 4.74 Å². The Hall–Kier alpha value is -2.58. The Labute approximate surface area is 150 Å². The number of aliphatic hydroxyl groups is 2. The van der Waals surface area contributed by atoms with Gasteiger partial charge in [-0.1, -0.05) is 6.92 Å². The first-order chi connectivity index (χ1) is 12.2.